The molecule has 172 valence electrons. The van der Waals surface area contributed by atoms with Crippen molar-refractivity contribution in [3.63, 3.8) is 0 Å². The van der Waals surface area contributed by atoms with E-state index in [2.05, 4.69) is 44.6 Å². The van der Waals surface area contributed by atoms with Crippen molar-refractivity contribution in [2.45, 2.75) is 59.0 Å². The fourth-order valence-electron chi connectivity index (χ4n) is 4.50. The molecule has 1 heterocycles. The van der Waals surface area contributed by atoms with E-state index in [1.54, 1.807) is 12.1 Å². The lowest BCUT2D eigenvalue weighted by molar-refractivity contribution is -0.147. The van der Waals surface area contributed by atoms with Crippen molar-refractivity contribution in [3.05, 3.63) is 94.8 Å². The minimum atomic E-state index is -0.254. The predicted molar refractivity (Wildman–Crippen MR) is 126 cm³/mol. The van der Waals surface area contributed by atoms with Gasteiger partial charge in [-0.1, -0.05) is 71.0 Å². The number of carbonyl (C=O) groups is 1. The lowest BCUT2D eigenvalue weighted by atomic mass is 9.95. The van der Waals surface area contributed by atoms with Crippen LogP contribution < -0.4 is 0 Å². The van der Waals surface area contributed by atoms with Gasteiger partial charge in [0.15, 0.2) is 0 Å². The summed E-state index contributed by atoms with van der Waals surface area (Å²) in [7, 11) is 0. The fourth-order valence-corrected chi connectivity index (χ4v) is 4.50. The summed E-state index contributed by atoms with van der Waals surface area (Å²) in [6.07, 6.45) is 4.17. The minimum Gasteiger partial charge on any atom is -0.461 e. The first-order valence-electron chi connectivity index (χ1n) is 11.4. The van der Waals surface area contributed by atoms with Crippen LogP contribution in [0.3, 0.4) is 0 Å². The van der Waals surface area contributed by atoms with Crippen LogP contribution in [0.4, 0.5) is 4.39 Å². The molecule has 0 spiro atoms. The molecule has 0 bridgehead atoms. The lowest BCUT2D eigenvalue weighted by Crippen LogP contribution is -2.16. The van der Waals surface area contributed by atoms with Crippen molar-refractivity contribution in [1.82, 2.24) is 9.97 Å². The molecule has 4 nitrogen and oxygen atoms in total. The number of halogens is 1. The zero-order chi connectivity index (χ0) is 23.8. The highest BCUT2D eigenvalue weighted by molar-refractivity contribution is 5.79. The summed E-state index contributed by atoms with van der Waals surface area (Å²) in [4.78, 5) is 21.9. The molecule has 2 aromatic carbocycles. The van der Waals surface area contributed by atoms with Crippen LogP contribution in [-0.2, 0) is 28.0 Å². The van der Waals surface area contributed by atoms with Crippen molar-refractivity contribution >= 4 is 5.97 Å². The van der Waals surface area contributed by atoms with Crippen LogP contribution in [0, 0.1) is 17.2 Å². The van der Waals surface area contributed by atoms with Crippen LogP contribution >= 0.6 is 0 Å². The minimum absolute atomic E-state index is 0.0286. The van der Waals surface area contributed by atoms with E-state index < -0.39 is 0 Å². The van der Waals surface area contributed by atoms with Crippen LogP contribution in [0.2, 0.25) is 0 Å². The van der Waals surface area contributed by atoms with E-state index in [1.807, 2.05) is 42.7 Å². The quantitative estimate of drug-likeness (QED) is 0.437. The molecule has 0 N–H and O–H groups in total. The van der Waals surface area contributed by atoms with E-state index in [4.69, 9.17) is 4.74 Å². The number of aromatic nitrogens is 2. The van der Waals surface area contributed by atoms with Gasteiger partial charge in [0.2, 0.25) is 0 Å². The van der Waals surface area contributed by atoms with Crippen LogP contribution in [0.25, 0.3) is 0 Å². The molecule has 33 heavy (non-hydrogen) atoms. The number of hydrogen-bond acceptors (Lipinski definition) is 4. The van der Waals surface area contributed by atoms with Gasteiger partial charge in [0, 0.05) is 30.1 Å². The van der Waals surface area contributed by atoms with Crippen molar-refractivity contribution in [2.75, 3.05) is 0 Å². The third kappa shape index (κ3) is 4.97. The summed E-state index contributed by atoms with van der Waals surface area (Å²) in [5.41, 5.74) is 3.03. The van der Waals surface area contributed by atoms with E-state index >= 15 is 0 Å². The summed E-state index contributed by atoms with van der Waals surface area (Å²) >= 11 is 0. The third-order valence-electron chi connectivity index (χ3n) is 6.51. The number of benzene rings is 2. The molecular weight excluding hydrogens is 415 g/mol. The molecule has 1 saturated carbocycles. The first-order chi connectivity index (χ1) is 15.6. The van der Waals surface area contributed by atoms with E-state index in [-0.39, 0.29) is 41.1 Å². The Balaban J connectivity index is 1.41. The Hall–Kier alpha value is -3.08. The number of esters is 1. The summed E-state index contributed by atoms with van der Waals surface area (Å²) in [5, 5.41) is 0. The Labute approximate surface area is 195 Å². The number of hydrogen-bond donors (Lipinski definition) is 0. The second kappa shape index (κ2) is 8.69. The van der Waals surface area contributed by atoms with E-state index in [9.17, 15) is 9.18 Å². The SMILES string of the molecule is CC(C)(C)c1ncc([C@@H]2[C@@H](C(=O)OCc3ccc(F)c(Cc4ccccc4)c3)C2(C)C)cn1. The van der Waals surface area contributed by atoms with Crippen molar-refractivity contribution in [1.29, 1.82) is 0 Å². The second-order valence-corrected chi connectivity index (χ2v) is 10.6. The molecule has 3 aromatic rings. The van der Waals surface area contributed by atoms with Crippen molar-refractivity contribution in [2.24, 2.45) is 11.3 Å². The van der Waals surface area contributed by atoms with Gasteiger partial charge in [0.25, 0.3) is 0 Å². The smallest absolute Gasteiger partial charge is 0.310 e. The number of nitrogens with zero attached hydrogens (tertiary/aromatic N) is 2. The molecule has 1 aromatic heterocycles. The molecule has 5 heteroatoms. The molecule has 2 atom stereocenters. The summed E-state index contributed by atoms with van der Waals surface area (Å²) in [6.45, 7) is 10.5. The normalized spacial score (nSPS) is 19.2. The molecule has 1 fully saturated rings. The van der Waals surface area contributed by atoms with Crippen LogP contribution in [-0.4, -0.2) is 15.9 Å². The maximum absolute atomic E-state index is 14.3. The van der Waals surface area contributed by atoms with E-state index in [1.165, 1.54) is 6.07 Å². The molecule has 0 unspecified atom stereocenters. The first kappa shape index (κ1) is 23.1. The van der Waals surface area contributed by atoms with Gasteiger partial charge in [-0.3, -0.25) is 4.79 Å². The number of carbonyl (C=O) groups excluding carboxylic acids is 1. The molecule has 1 aliphatic rings. The zero-order valence-electron chi connectivity index (χ0n) is 19.9. The topological polar surface area (TPSA) is 52.1 Å². The predicted octanol–water partition coefficient (Wildman–Crippen LogP) is 5.99. The molecule has 0 aliphatic heterocycles. The zero-order valence-corrected chi connectivity index (χ0v) is 19.9. The van der Waals surface area contributed by atoms with Gasteiger partial charge in [-0.25, -0.2) is 14.4 Å². The van der Waals surface area contributed by atoms with Gasteiger partial charge in [-0.15, -0.1) is 0 Å². The molecule has 1 aliphatic carbocycles. The highest BCUT2D eigenvalue weighted by Gasteiger charge is 2.63. The summed E-state index contributed by atoms with van der Waals surface area (Å²) in [6, 6.07) is 14.7. The monoisotopic (exact) mass is 446 g/mol. The first-order valence-corrected chi connectivity index (χ1v) is 11.4. The number of rotatable bonds is 6. The maximum atomic E-state index is 14.3. The molecular formula is C28H31FN2O2. The third-order valence-corrected chi connectivity index (χ3v) is 6.51. The van der Waals surface area contributed by atoms with Gasteiger partial charge in [-0.05, 0) is 39.8 Å². The van der Waals surface area contributed by atoms with Crippen molar-refractivity contribution < 1.29 is 13.9 Å². The van der Waals surface area contributed by atoms with Gasteiger partial charge < -0.3 is 4.74 Å². The Morgan fingerprint density at radius 2 is 1.70 bits per heavy atom. The number of ether oxygens (including phenoxy) is 1. The molecule has 0 amide bonds. The average Bonchev–Trinajstić information content (AvgIpc) is 3.36. The van der Waals surface area contributed by atoms with E-state index in [0.717, 1.165) is 22.5 Å². The lowest BCUT2D eigenvalue weighted by Gasteiger charge is -2.16. The standard InChI is InChI=1S/C28H31FN2O2/c1-27(2,3)26-30-15-21(16-31-26)23-24(28(23,4)5)25(32)33-17-19-11-12-22(29)20(14-19)13-18-9-7-6-8-10-18/h6-12,14-16,23-24H,13,17H2,1-5H3/t23-,24+/m1/s1. The highest BCUT2D eigenvalue weighted by atomic mass is 19.1. The van der Waals surface area contributed by atoms with Gasteiger partial charge in [0.1, 0.15) is 18.2 Å². The van der Waals surface area contributed by atoms with E-state index in [0.29, 0.717) is 12.0 Å². The molecule has 4 rings (SSSR count). The largest absolute Gasteiger partial charge is 0.461 e. The van der Waals surface area contributed by atoms with Gasteiger partial charge >= 0.3 is 5.97 Å². The molecule has 0 saturated heterocycles. The Morgan fingerprint density at radius 1 is 1.03 bits per heavy atom. The second-order valence-electron chi connectivity index (χ2n) is 10.6. The van der Waals surface area contributed by atoms with Crippen molar-refractivity contribution in [3.8, 4) is 0 Å². The van der Waals surface area contributed by atoms with Crippen LogP contribution in [0.1, 0.15) is 68.6 Å². The van der Waals surface area contributed by atoms with Crippen LogP contribution in [0.15, 0.2) is 60.9 Å². The fraction of sp³-hybridized carbons (Fsp3) is 0.393. The summed E-state index contributed by atoms with van der Waals surface area (Å²) < 4.78 is 20.0. The highest BCUT2D eigenvalue weighted by Crippen LogP contribution is 2.64. The molecule has 0 radical (unpaired) electrons. The maximum Gasteiger partial charge on any atom is 0.310 e. The van der Waals surface area contributed by atoms with Gasteiger partial charge in [0.05, 0.1) is 5.92 Å². The Bertz CT molecular complexity index is 1130. The Morgan fingerprint density at radius 3 is 2.33 bits per heavy atom. The Kier molecular flexibility index (Phi) is 6.08. The van der Waals surface area contributed by atoms with Gasteiger partial charge in [-0.2, -0.15) is 0 Å². The summed E-state index contributed by atoms with van der Waals surface area (Å²) in [5.74, 6) is 0.0769. The average molecular weight is 447 g/mol. The van der Waals surface area contributed by atoms with Crippen LogP contribution in [0.5, 0.6) is 0 Å².